The largest absolute Gasteiger partial charge is 0.491 e. The van der Waals surface area contributed by atoms with Crippen molar-refractivity contribution < 1.29 is 13.9 Å². The first-order valence-corrected chi connectivity index (χ1v) is 9.07. The third-order valence-corrected chi connectivity index (χ3v) is 4.63. The second-order valence-corrected chi connectivity index (χ2v) is 6.55. The zero-order valence-electron chi connectivity index (χ0n) is 13.4. The predicted octanol–water partition coefficient (Wildman–Crippen LogP) is 4.22. The average molecular weight is 368 g/mol. The van der Waals surface area contributed by atoms with Gasteiger partial charge in [0.25, 0.3) is 0 Å². The van der Waals surface area contributed by atoms with Gasteiger partial charge in [0.1, 0.15) is 18.2 Å². The quantitative estimate of drug-likeness (QED) is 0.710. The molecule has 0 aliphatic carbocycles. The summed E-state index contributed by atoms with van der Waals surface area (Å²) in [6.45, 7) is 2.80. The van der Waals surface area contributed by atoms with Crippen LogP contribution >= 0.6 is 23.4 Å². The van der Waals surface area contributed by atoms with Crippen molar-refractivity contribution in [1.82, 2.24) is 5.32 Å². The monoisotopic (exact) mass is 367 g/mol. The lowest BCUT2D eigenvalue weighted by molar-refractivity contribution is -0.118. The van der Waals surface area contributed by atoms with Crippen LogP contribution in [0.2, 0.25) is 5.02 Å². The molecule has 0 aliphatic rings. The number of rotatable bonds is 8. The van der Waals surface area contributed by atoms with E-state index in [1.165, 1.54) is 17.8 Å². The van der Waals surface area contributed by atoms with E-state index in [4.69, 9.17) is 16.3 Å². The van der Waals surface area contributed by atoms with Crippen LogP contribution < -0.4 is 10.1 Å². The number of nitrogens with one attached hydrogen (secondary N) is 1. The Labute approximate surface area is 150 Å². The summed E-state index contributed by atoms with van der Waals surface area (Å²) in [7, 11) is 0. The summed E-state index contributed by atoms with van der Waals surface area (Å²) in [4.78, 5) is 11.8. The maximum Gasteiger partial charge on any atom is 0.230 e. The van der Waals surface area contributed by atoms with Crippen LogP contribution in [0.25, 0.3) is 0 Å². The van der Waals surface area contributed by atoms with Crippen LogP contribution in [-0.2, 0) is 10.5 Å². The van der Waals surface area contributed by atoms with Gasteiger partial charge >= 0.3 is 0 Å². The highest BCUT2D eigenvalue weighted by Crippen LogP contribution is 2.23. The van der Waals surface area contributed by atoms with Crippen LogP contribution in [0.4, 0.5) is 4.39 Å². The molecular formula is C18H19ClFNO2S. The molecule has 1 N–H and O–H groups in total. The second kappa shape index (κ2) is 9.55. The highest BCUT2D eigenvalue weighted by Gasteiger charge is 2.08. The summed E-state index contributed by atoms with van der Waals surface area (Å²) < 4.78 is 19.2. The molecular weight excluding hydrogens is 349 g/mol. The van der Waals surface area contributed by atoms with Gasteiger partial charge in [-0.15, -0.1) is 11.8 Å². The molecule has 0 radical (unpaired) electrons. The zero-order valence-corrected chi connectivity index (χ0v) is 14.9. The zero-order chi connectivity index (χ0) is 17.4. The molecule has 1 amide bonds. The molecule has 0 bridgehead atoms. The number of hydrogen-bond donors (Lipinski definition) is 1. The Morgan fingerprint density at radius 2 is 2.04 bits per heavy atom. The van der Waals surface area contributed by atoms with Gasteiger partial charge in [-0.25, -0.2) is 4.39 Å². The molecule has 0 saturated heterocycles. The summed E-state index contributed by atoms with van der Waals surface area (Å²) in [6.07, 6.45) is 0. The maximum atomic E-state index is 13.6. The number of halogens is 2. The van der Waals surface area contributed by atoms with E-state index in [0.717, 1.165) is 11.3 Å². The number of benzene rings is 2. The van der Waals surface area contributed by atoms with E-state index in [2.05, 4.69) is 5.32 Å². The first-order chi connectivity index (χ1) is 11.6. The molecule has 6 heteroatoms. The van der Waals surface area contributed by atoms with Crippen molar-refractivity contribution in [2.75, 3.05) is 18.9 Å². The van der Waals surface area contributed by atoms with Crippen LogP contribution in [-0.4, -0.2) is 24.8 Å². The van der Waals surface area contributed by atoms with Gasteiger partial charge in [-0.1, -0.05) is 35.9 Å². The first kappa shape index (κ1) is 18.6. The van der Waals surface area contributed by atoms with E-state index in [1.807, 2.05) is 31.2 Å². The third kappa shape index (κ3) is 5.73. The number of hydrogen-bond acceptors (Lipinski definition) is 3. The Morgan fingerprint density at radius 3 is 2.79 bits per heavy atom. The molecule has 128 valence electrons. The fourth-order valence-electron chi connectivity index (χ4n) is 2.04. The van der Waals surface area contributed by atoms with Crippen LogP contribution in [0.5, 0.6) is 5.75 Å². The minimum absolute atomic E-state index is 0.110. The van der Waals surface area contributed by atoms with E-state index in [1.54, 1.807) is 12.1 Å². The van der Waals surface area contributed by atoms with E-state index in [9.17, 15) is 9.18 Å². The van der Waals surface area contributed by atoms with Crippen molar-refractivity contribution in [2.24, 2.45) is 0 Å². The lowest BCUT2D eigenvalue weighted by Gasteiger charge is -2.10. The Morgan fingerprint density at radius 1 is 1.25 bits per heavy atom. The van der Waals surface area contributed by atoms with Crippen molar-refractivity contribution in [3.63, 3.8) is 0 Å². The molecule has 0 spiro atoms. The van der Waals surface area contributed by atoms with E-state index >= 15 is 0 Å². The molecule has 0 aromatic heterocycles. The number of para-hydroxylation sites is 1. The summed E-state index contributed by atoms with van der Waals surface area (Å²) in [5, 5.41) is 3.16. The van der Waals surface area contributed by atoms with Crippen LogP contribution in [0.3, 0.4) is 0 Å². The highest BCUT2D eigenvalue weighted by molar-refractivity contribution is 7.99. The van der Waals surface area contributed by atoms with Gasteiger partial charge < -0.3 is 10.1 Å². The molecule has 0 atom stereocenters. The molecule has 2 aromatic carbocycles. The van der Waals surface area contributed by atoms with Crippen molar-refractivity contribution in [3.8, 4) is 5.75 Å². The van der Waals surface area contributed by atoms with E-state index in [0.29, 0.717) is 29.5 Å². The molecule has 0 unspecified atom stereocenters. The fraction of sp³-hybridized carbons (Fsp3) is 0.278. The smallest absolute Gasteiger partial charge is 0.230 e. The molecule has 0 fully saturated rings. The van der Waals surface area contributed by atoms with Crippen molar-refractivity contribution in [3.05, 3.63) is 64.4 Å². The van der Waals surface area contributed by atoms with E-state index < -0.39 is 0 Å². The van der Waals surface area contributed by atoms with Crippen molar-refractivity contribution in [1.29, 1.82) is 0 Å². The number of carbonyl (C=O) groups excluding carboxylic acids is 1. The predicted molar refractivity (Wildman–Crippen MR) is 97.3 cm³/mol. The summed E-state index contributed by atoms with van der Waals surface area (Å²) in [6, 6.07) is 12.3. The normalized spacial score (nSPS) is 10.5. The molecule has 24 heavy (non-hydrogen) atoms. The Kier molecular flexibility index (Phi) is 7.40. The molecule has 2 aromatic rings. The molecule has 2 rings (SSSR count). The molecule has 3 nitrogen and oxygen atoms in total. The van der Waals surface area contributed by atoms with Gasteiger partial charge in [0.15, 0.2) is 0 Å². The standard InChI is InChI=1S/C18H19ClFNO2S/c1-13-5-2-3-8-17(13)23-10-9-21-18(22)12-24-11-14-15(19)6-4-7-16(14)20/h2-8H,9-12H2,1H3,(H,21,22). The lowest BCUT2D eigenvalue weighted by Crippen LogP contribution is -2.29. The van der Waals surface area contributed by atoms with Crippen molar-refractivity contribution >= 4 is 29.3 Å². The Bertz CT molecular complexity index is 676. The van der Waals surface area contributed by atoms with Crippen LogP contribution in [0.15, 0.2) is 42.5 Å². The number of ether oxygens (including phenoxy) is 1. The topological polar surface area (TPSA) is 38.3 Å². The molecule has 0 saturated carbocycles. The maximum absolute atomic E-state index is 13.6. The molecule has 0 aliphatic heterocycles. The van der Waals surface area contributed by atoms with Gasteiger partial charge in [-0.3, -0.25) is 4.79 Å². The van der Waals surface area contributed by atoms with Gasteiger partial charge in [-0.2, -0.15) is 0 Å². The summed E-state index contributed by atoms with van der Waals surface area (Å²) in [5.41, 5.74) is 1.49. The molecule has 0 heterocycles. The van der Waals surface area contributed by atoms with E-state index in [-0.39, 0.29) is 17.5 Å². The number of thioether (sulfide) groups is 1. The third-order valence-electron chi connectivity index (χ3n) is 3.32. The number of carbonyl (C=O) groups is 1. The second-order valence-electron chi connectivity index (χ2n) is 5.16. The number of amides is 1. The van der Waals surface area contributed by atoms with Gasteiger partial charge in [0, 0.05) is 16.3 Å². The minimum atomic E-state index is -0.345. The summed E-state index contributed by atoms with van der Waals surface area (Å²) >= 11 is 7.27. The van der Waals surface area contributed by atoms with Crippen molar-refractivity contribution in [2.45, 2.75) is 12.7 Å². The summed E-state index contributed by atoms with van der Waals surface area (Å²) in [5.74, 6) is 0.964. The first-order valence-electron chi connectivity index (χ1n) is 7.53. The average Bonchev–Trinajstić information content (AvgIpc) is 2.56. The minimum Gasteiger partial charge on any atom is -0.491 e. The van der Waals surface area contributed by atoms with Crippen LogP contribution in [0, 0.1) is 12.7 Å². The van der Waals surface area contributed by atoms with Crippen LogP contribution in [0.1, 0.15) is 11.1 Å². The van der Waals surface area contributed by atoms with Gasteiger partial charge in [-0.05, 0) is 30.7 Å². The van der Waals surface area contributed by atoms with Gasteiger partial charge in [0.2, 0.25) is 5.91 Å². The highest BCUT2D eigenvalue weighted by atomic mass is 35.5. The fourth-order valence-corrected chi connectivity index (χ4v) is 3.23. The SMILES string of the molecule is Cc1ccccc1OCCNC(=O)CSCc1c(F)cccc1Cl. The number of aryl methyl sites for hydroxylation is 1. The van der Waals surface area contributed by atoms with Gasteiger partial charge in [0.05, 0.1) is 12.3 Å². The Balaban J connectivity index is 1.64. The lowest BCUT2D eigenvalue weighted by atomic mass is 10.2. The Hall–Kier alpha value is -1.72.